The van der Waals surface area contributed by atoms with Crippen LogP contribution >= 0.6 is 11.3 Å². The van der Waals surface area contributed by atoms with Crippen LogP contribution in [0.5, 0.6) is 0 Å². The van der Waals surface area contributed by atoms with Gasteiger partial charge in [0.05, 0.1) is 32.6 Å². The molecule has 0 radical (unpaired) electrons. The van der Waals surface area contributed by atoms with Gasteiger partial charge < -0.3 is 8.98 Å². The molecular formula is C52H29N3OS. The molecule has 0 bridgehead atoms. The summed E-state index contributed by atoms with van der Waals surface area (Å²) in [5, 5.41) is 12.9. The molecule has 0 atom stereocenters. The zero-order valence-electron chi connectivity index (χ0n) is 30.4. The first kappa shape index (κ1) is 30.9. The van der Waals surface area contributed by atoms with Gasteiger partial charge in [-0.3, -0.25) is 0 Å². The van der Waals surface area contributed by atoms with Gasteiger partial charge in [0.1, 0.15) is 11.2 Å². The number of rotatable bonds is 3. The number of hydrogen-bond donors (Lipinski definition) is 0. The highest BCUT2D eigenvalue weighted by molar-refractivity contribution is 7.26. The van der Waals surface area contributed by atoms with Gasteiger partial charge >= 0.3 is 0 Å². The van der Waals surface area contributed by atoms with Crippen LogP contribution in [0.4, 0.5) is 0 Å². The molecule has 57 heavy (non-hydrogen) atoms. The maximum Gasteiger partial charge on any atom is 0.161 e. The second-order valence-electron chi connectivity index (χ2n) is 14.9. The molecule has 0 amide bonds. The van der Waals surface area contributed by atoms with Crippen molar-refractivity contribution in [2.45, 2.75) is 0 Å². The molecule has 0 spiro atoms. The molecule has 13 aromatic rings. The Morgan fingerprint density at radius 2 is 1.07 bits per heavy atom. The number of benzene rings is 9. The van der Waals surface area contributed by atoms with Gasteiger partial charge in [-0.1, -0.05) is 133 Å². The van der Waals surface area contributed by atoms with Crippen molar-refractivity contribution in [1.29, 1.82) is 0 Å². The summed E-state index contributed by atoms with van der Waals surface area (Å²) in [5.41, 5.74) is 8.80. The maximum absolute atomic E-state index is 6.92. The lowest BCUT2D eigenvalue weighted by molar-refractivity contribution is 0.669. The fourth-order valence-electron chi connectivity index (χ4n) is 9.21. The van der Waals surface area contributed by atoms with E-state index in [0.717, 1.165) is 81.9 Å². The summed E-state index contributed by atoms with van der Waals surface area (Å²) in [7, 11) is 0. The smallest absolute Gasteiger partial charge is 0.161 e. The van der Waals surface area contributed by atoms with E-state index in [-0.39, 0.29) is 0 Å². The molecule has 13 rings (SSSR count). The van der Waals surface area contributed by atoms with E-state index in [1.165, 1.54) is 37.0 Å². The lowest BCUT2D eigenvalue weighted by Crippen LogP contribution is -1.98. The number of aromatic nitrogens is 3. The Bertz CT molecular complexity index is 3720. The molecule has 0 N–H and O–H groups in total. The van der Waals surface area contributed by atoms with Crippen LogP contribution in [-0.4, -0.2) is 14.5 Å². The van der Waals surface area contributed by atoms with Crippen molar-refractivity contribution in [2.75, 3.05) is 0 Å². The topological polar surface area (TPSA) is 43.9 Å². The Labute approximate surface area is 329 Å². The van der Waals surface area contributed by atoms with Crippen LogP contribution in [0.15, 0.2) is 180 Å². The van der Waals surface area contributed by atoms with E-state index in [4.69, 9.17) is 14.4 Å². The van der Waals surface area contributed by atoms with Crippen LogP contribution in [-0.2, 0) is 0 Å². The van der Waals surface area contributed by atoms with Crippen LogP contribution in [0.1, 0.15) is 0 Å². The summed E-state index contributed by atoms with van der Waals surface area (Å²) in [5.74, 6) is 0.671. The van der Waals surface area contributed by atoms with Gasteiger partial charge in [0.25, 0.3) is 0 Å². The highest BCUT2D eigenvalue weighted by Crippen LogP contribution is 2.46. The van der Waals surface area contributed by atoms with Gasteiger partial charge in [-0.2, -0.15) is 0 Å². The highest BCUT2D eigenvalue weighted by atomic mass is 32.1. The standard InChI is InChI=1S/C52H29N3OS/c1-2-14-32(15-3-1)49-51-50(38-20-10-11-21-45(38)57-51)54-52(53-49)40-28-35(29-44-46(40)39-26-33-16-4-5-17-34(33)27-43(39)56-44)55-41-24-22-30-12-6-8-18-36(30)47(41)48-37-19-9-7-13-31(37)23-25-42(48)55/h1-29H. The van der Waals surface area contributed by atoms with Gasteiger partial charge in [-0.15, -0.1) is 11.3 Å². The van der Waals surface area contributed by atoms with E-state index in [9.17, 15) is 0 Å². The monoisotopic (exact) mass is 743 g/mol. The normalized spacial score (nSPS) is 12.2. The lowest BCUT2D eigenvalue weighted by atomic mass is 10.00. The molecule has 4 heterocycles. The summed E-state index contributed by atoms with van der Waals surface area (Å²) in [4.78, 5) is 11.0. The first-order chi connectivity index (χ1) is 28.2. The second kappa shape index (κ2) is 11.6. The molecule has 0 aliphatic rings. The minimum absolute atomic E-state index is 0.671. The first-order valence-corrected chi connectivity index (χ1v) is 20.0. The fraction of sp³-hybridized carbons (Fsp3) is 0. The van der Waals surface area contributed by atoms with Gasteiger partial charge in [-0.05, 0) is 68.7 Å². The van der Waals surface area contributed by atoms with Crippen LogP contribution in [0.2, 0.25) is 0 Å². The van der Waals surface area contributed by atoms with Gasteiger partial charge in [-0.25, -0.2) is 9.97 Å². The van der Waals surface area contributed by atoms with Gasteiger partial charge in [0.2, 0.25) is 0 Å². The minimum Gasteiger partial charge on any atom is -0.456 e. The van der Waals surface area contributed by atoms with E-state index >= 15 is 0 Å². The number of nitrogens with zero attached hydrogens (tertiary/aromatic N) is 3. The van der Waals surface area contributed by atoms with Crippen LogP contribution in [0.3, 0.4) is 0 Å². The molecule has 0 aliphatic heterocycles. The Hall–Kier alpha value is -7.34. The quantitative estimate of drug-likeness (QED) is 0.181. The van der Waals surface area contributed by atoms with Gasteiger partial charge in [0, 0.05) is 48.8 Å². The second-order valence-corrected chi connectivity index (χ2v) is 16.0. The van der Waals surface area contributed by atoms with Crippen molar-refractivity contribution in [3.05, 3.63) is 176 Å². The summed E-state index contributed by atoms with van der Waals surface area (Å²) < 4.78 is 11.6. The third kappa shape index (κ3) is 4.43. The zero-order valence-corrected chi connectivity index (χ0v) is 31.2. The molecule has 264 valence electrons. The van der Waals surface area contributed by atoms with E-state index < -0.39 is 0 Å². The average Bonchev–Trinajstić information content (AvgIpc) is 3.94. The third-order valence-electron chi connectivity index (χ3n) is 11.7. The van der Waals surface area contributed by atoms with Crippen molar-refractivity contribution in [1.82, 2.24) is 14.5 Å². The van der Waals surface area contributed by atoms with Gasteiger partial charge in [0.15, 0.2) is 5.82 Å². The summed E-state index contributed by atoms with van der Waals surface area (Å²) in [6.45, 7) is 0. The Balaban J connectivity index is 1.20. The number of thiophene rings is 1. The summed E-state index contributed by atoms with van der Waals surface area (Å²) >= 11 is 1.75. The number of hydrogen-bond acceptors (Lipinski definition) is 4. The highest BCUT2D eigenvalue weighted by Gasteiger charge is 2.24. The van der Waals surface area contributed by atoms with E-state index in [2.05, 4.69) is 180 Å². The van der Waals surface area contributed by atoms with E-state index in [1.807, 2.05) is 0 Å². The molecule has 0 saturated carbocycles. The molecule has 4 nitrogen and oxygen atoms in total. The predicted octanol–water partition coefficient (Wildman–Crippen LogP) is 14.6. The molecule has 0 unspecified atom stereocenters. The summed E-state index contributed by atoms with van der Waals surface area (Å²) in [6, 6.07) is 63.0. The fourth-order valence-corrected chi connectivity index (χ4v) is 10.4. The summed E-state index contributed by atoms with van der Waals surface area (Å²) in [6.07, 6.45) is 0. The maximum atomic E-state index is 6.92. The number of fused-ring (bicyclic) bond motifs is 14. The van der Waals surface area contributed by atoms with Crippen LogP contribution in [0, 0.1) is 0 Å². The third-order valence-corrected chi connectivity index (χ3v) is 12.9. The van der Waals surface area contributed by atoms with Crippen LogP contribution < -0.4 is 0 Å². The molecule has 4 aromatic heterocycles. The van der Waals surface area contributed by atoms with Crippen molar-refractivity contribution in [2.24, 2.45) is 0 Å². The Morgan fingerprint density at radius 1 is 0.456 bits per heavy atom. The molecule has 5 heteroatoms. The van der Waals surface area contributed by atoms with Crippen molar-refractivity contribution in [3.63, 3.8) is 0 Å². The Kier molecular flexibility index (Phi) is 6.29. The first-order valence-electron chi connectivity index (χ1n) is 19.2. The minimum atomic E-state index is 0.671. The lowest BCUT2D eigenvalue weighted by Gasteiger charge is -2.13. The molecule has 9 aromatic carbocycles. The Morgan fingerprint density at radius 3 is 1.79 bits per heavy atom. The molecule has 0 aliphatic carbocycles. The zero-order chi connectivity index (χ0) is 37.2. The van der Waals surface area contributed by atoms with Crippen molar-refractivity contribution >= 4 is 108 Å². The van der Waals surface area contributed by atoms with Crippen molar-refractivity contribution < 1.29 is 4.42 Å². The molecular weight excluding hydrogens is 715 g/mol. The van der Waals surface area contributed by atoms with E-state index in [1.54, 1.807) is 11.3 Å². The average molecular weight is 744 g/mol. The molecule has 0 saturated heterocycles. The number of furan rings is 1. The molecule has 0 fully saturated rings. The van der Waals surface area contributed by atoms with Crippen LogP contribution in [0.25, 0.3) is 125 Å². The van der Waals surface area contributed by atoms with Crippen molar-refractivity contribution in [3.8, 4) is 28.3 Å². The largest absolute Gasteiger partial charge is 0.456 e. The SMILES string of the molecule is c1ccc(-c2nc(-c3cc(-n4c5ccc6ccccc6c5c5c6ccccc6ccc54)cc4oc5cc6ccccc6cc5c34)nc3c2sc2ccccc23)cc1. The predicted molar refractivity (Wildman–Crippen MR) is 240 cm³/mol. The van der Waals surface area contributed by atoms with E-state index in [0.29, 0.717) is 5.82 Å².